The summed E-state index contributed by atoms with van der Waals surface area (Å²) in [5.74, 6) is 1.60. The maximum atomic E-state index is 5.66. The molecule has 1 aromatic rings. The van der Waals surface area contributed by atoms with Crippen LogP contribution in [0.3, 0.4) is 0 Å². The van der Waals surface area contributed by atoms with Gasteiger partial charge in [-0.2, -0.15) is 0 Å². The Balaban J connectivity index is 2.54. The monoisotopic (exact) mass is 272 g/mol. The van der Waals surface area contributed by atoms with Crippen molar-refractivity contribution in [1.29, 1.82) is 0 Å². The van der Waals surface area contributed by atoms with Crippen molar-refractivity contribution in [2.24, 2.45) is 0 Å². The van der Waals surface area contributed by atoms with E-state index in [0.717, 1.165) is 29.0 Å². The average Bonchev–Trinajstić information content (AvgIpc) is 2.25. The number of benzene rings is 1. The van der Waals surface area contributed by atoms with Crippen LogP contribution in [0, 0.1) is 0 Å². The molecule has 0 spiro atoms. The second-order valence-electron chi connectivity index (χ2n) is 3.35. The number of methoxy groups -OCH3 is 1. The van der Waals surface area contributed by atoms with Crippen molar-refractivity contribution >= 4 is 15.9 Å². The Hall–Kier alpha value is -0.700. The van der Waals surface area contributed by atoms with Crippen LogP contribution in [0.4, 0.5) is 0 Å². The van der Waals surface area contributed by atoms with Gasteiger partial charge in [-0.15, -0.1) is 0 Å². The van der Waals surface area contributed by atoms with Crippen LogP contribution >= 0.6 is 15.9 Å². The molecule has 1 rings (SSSR count). The molecule has 0 heterocycles. The largest absolute Gasteiger partial charge is 0.493 e. The van der Waals surface area contributed by atoms with E-state index < -0.39 is 0 Å². The molecule has 0 atom stereocenters. The lowest BCUT2D eigenvalue weighted by Crippen LogP contribution is -1.99. The minimum absolute atomic E-state index is 0.751. The van der Waals surface area contributed by atoms with Crippen molar-refractivity contribution in [1.82, 2.24) is 0 Å². The van der Waals surface area contributed by atoms with Crippen LogP contribution in [-0.4, -0.2) is 13.7 Å². The number of unbranched alkanes of at least 4 members (excludes halogenated alkanes) is 2. The smallest absolute Gasteiger partial charge is 0.162 e. The lowest BCUT2D eigenvalue weighted by atomic mass is 10.2. The first-order chi connectivity index (χ1) is 7.27. The molecule has 0 radical (unpaired) electrons. The molecule has 0 fully saturated rings. The fourth-order valence-electron chi connectivity index (χ4n) is 1.30. The van der Waals surface area contributed by atoms with Crippen molar-refractivity contribution < 1.29 is 9.47 Å². The van der Waals surface area contributed by atoms with Gasteiger partial charge in [-0.05, 0) is 24.6 Å². The standard InChI is InChI=1S/C12H17BrO2/c1-3-4-5-8-15-12-9-10(13)6-7-11(12)14-2/h6-7,9H,3-5,8H2,1-2H3. The second kappa shape index (κ2) is 6.72. The molecule has 0 N–H and O–H groups in total. The van der Waals surface area contributed by atoms with Gasteiger partial charge in [-0.1, -0.05) is 35.7 Å². The molecular formula is C12H17BrO2. The summed E-state index contributed by atoms with van der Waals surface area (Å²) >= 11 is 3.41. The van der Waals surface area contributed by atoms with Gasteiger partial charge in [-0.3, -0.25) is 0 Å². The SMILES string of the molecule is CCCCCOc1cc(Br)ccc1OC. The Labute approximate surface area is 99.7 Å². The summed E-state index contributed by atoms with van der Waals surface area (Å²) in [6.45, 7) is 2.93. The number of ether oxygens (including phenoxy) is 2. The third-order valence-corrected chi connectivity index (χ3v) is 2.62. The molecule has 2 nitrogen and oxygen atoms in total. The molecule has 0 aliphatic carbocycles. The van der Waals surface area contributed by atoms with E-state index in [0.29, 0.717) is 0 Å². The summed E-state index contributed by atoms with van der Waals surface area (Å²) in [6, 6.07) is 5.78. The summed E-state index contributed by atoms with van der Waals surface area (Å²) in [5, 5.41) is 0. The summed E-state index contributed by atoms with van der Waals surface area (Å²) in [4.78, 5) is 0. The first-order valence-electron chi connectivity index (χ1n) is 5.24. The van der Waals surface area contributed by atoms with E-state index in [4.69, 9.17) is 9.47 Å². The Morgan fingerprint density at radius 2 is 2.00 bits per heavy atom. The number of hydrogen-bond acceptors (Lipinski definition) is 2. The Bertz CT molecular complexity index is 300. The summed E-state index contributed by atoms with van der Waals surface area (Å²) < 4.78 is 11.9. The first kappa shape index (κ1) is 12.4. The van der Waals surface area contributed by atoms with Gasteiger partial charge < -0.3 is 9.47 Å². The lowest BCUT2D eigenvalue weighted by molar-refractivity contribution is 0.286. The normalized spacial score (nSPS) is 10.1. The highest BCUT2D eigenvalue weighted by molar-refractivity contribution is 9.10. The zero-order valence-electron chi connectivity index (χ0n) is 9.25. The zero-order valence-corrected chi connectivity index (χ0v) is 10.8. The van der Waals surface area contributed by atoms with Gasteiger partial charge in [0.05, 0.1) is 13.7 Å². The number of halogens is 1. The molecule has 1 aromatic carbocycles. The van der Waals surface area contributed by atoms with Crippen molar-refractivity contribution in [3.05, 3.63) is 22.7 Å². The molecule has 0 bridgehead atoms. The van der Waals surface area contributed by atoms with E-state index >= 15 is 0 Å². The van der Waals surface area contributed by atoms with Gasteiger partial charge in [0.1, 0.15) is 0 Å². The predicted molar refractivity (Wildman–Crippen MR) is 65.7 cm³/mol. The highest BCUT2D eigenvalue weighted by atomic mass is 79.9. The molecule has 0 unspecified atom stereocenters. The minimum Gasteiger partial charge on any atom is -0.493 e. The summed E-state index contributed by atoms with van der Waals surface area (Å²) in [6.07, 6.45) is 3.50. The topological polar surface area (TPSA) is 18.5 Å². The van der Waals surface area contributed by atoms with E-state index in [1.54, 1.807) is 7.11 Å². The molecule has 3 heteroatoms. The van der Waals surface area contributed by atoms with Gasteiger partial charge in [-0.25, -0.2) is 0 Å². The third-order valence-electron chi connectivity index (χ3n) is 2.13. The molecule has 0 saturated carbocycles. The van der Waals surface area contributed by atoms with E-state index in [-0.39, 0.29) is 0 Å². The van der Waals surface area contributed by atoms with Crippen LogP contribution in [0.5, 0.6) is 11.5 Å². The maximum Gasteiger partial charge on any atom is 0.162 e. The van der Waals surface area contributed by atoms with Crippen LogP contribution < -0.4 is 9.47 Å². The molecular weight excluding hydrogens is 256 g/mol. The van der Waals surface area contributed by atoms with Crippen molar-refractivity contribution in [2.45, 2.75) is 26.2 Å². The molecule has 84 valence electrons. The van der Waals surface area contributed by atoms with Crippen molar-refractivity contribution in [2.75, 3.05) is 13.7 Å². The Morgan fingerprint density at radius 1 is 1.20 bits per heavy atom. The van der Waals surface area contributed by atoms with Crippen LogP contribution in [-0.2, 0) is 0 Å². The highest BCUT2D eigenvalue weighted by Gasteiger charge is 2.04. The van der Waals surface area contributed by atoms with Crippen LogP contribution in [0.2, 0.25) is 0 Å². The van der Waals surface area contributed by atoms with Crippen LogP contribution in [0.1, 0.15) is 26.2 Å². The molecule has 0 saturated heterocycles. The Morgan fingerprint density at radius 3 is 2.67 bits per heavy atom. The predicted octanol–water partition coefficient (Wildman–Crippen LogP) is 4.03. The first-order valence-corrected chi connectivity index (χ1v) is 6.03. The number of hydrogen-bond donors (Lipinski definition) is 0. The molecule has 15 heavy (non-hydrogen) atoms. The van der Waals surface area contributed by atoms with Crippen molar-refractivity contribution in [3.8, 4) is 11.5 Å². The lowest BCUT2D eigenvalue weighted by Gasteiger charge is -2.10. The zero-order chi connectivity index (χ0) is 11.1. The quantitative estimate of drug-likeness (QED) is 0.728. The summed E-state index contributed by atoms with van der Waals surface area (Å²) in [7, 11) is 1.65. The summed E-state index contributed by atoms with van der Waals surface area (Å²) in [5.41, 5.74) is 0. The van der Waals surface area contributed by atoms with Gasteiger partial charge in [0.25, 0.3) is 0 Å². The average molecular weight is 273 g/mol. The third kappa shape index (κ3) is 4.12. The fraction of sp³-hybridized carbons (Fsp3) is 0.500. The van der Waals surface area contributed by atoms with E-state index in [1.807, 2.05) is 18.2 Å². The molecule has 0 aliphatic rings. The van der Waals surface area contributed by atoms with Crippen LogP contribution in [0.25, 0.3) is 0 Å². The maximum absolute atomic E-state index is 5.66. The fourth-order valence-corrected chi connectivity index (χ4v) is 1.64. The van der Waals surface area contributed by atoms with E-state index in [9.17, 15) is 0 Å². The van der Waals surface area contributed by atoms with Gasteiger partial charge in [0.2, 0.25) is 0 Å². The molecule has 0 aromatic heterocycles. The van der Waals surface area contributed by atoms with Crippen molar-refractivity contribution in [3.63, 3.8) is 0 Å². The number of rotatable bonds is 6. The Kier molecular flexibility index (Phi) is 5.54. The van der Waals surface area contributed by atoms with Gasteiger partial charge in [0.15, 0.2) is 11.5 Å². The van der Waals surface area contributed by atoms with E-state index in [1.165, 1.54) is 12.8 Å². The van der Waals surface area contributed by atoms with Gasteiger partial charge in [0, 0.05) is 4.47 Å². The minimum atomic E-state index is 0.751. The highest BCUT2D eigenvalue weighted by Crippen LogP contribution is 2.30. The van der Waals surface area contributed by atoms with Crippen LogP contribution in [0.15, 0.2) is 22.7 Å². The second-order valence-corrected chi connectivity index (χ2v) is 4.27. The van der Waals surface area contributed by atoms with E-state index in [2.05, 4.69) is 22.9 Å². The molecule has 0 aliphatic heterocycles. The molecule has 0 amide bonds. The van der Waals surface area contributed by atoms with Gasteiger partial charge >= 0.3 is 0 Å².